The molecule has 0 saturated carbocycles. The first-order chi connectivity index (χ1) is 13.2. The van der Waals surface area contributed by atoms with Gasteiger partial charge in [-0.3, -0.25) is 4.79 Å². The second kappa shape index (κ2) is 8.85. The van der Waals surface area contributed by atoms with Crippen molar-refractivity contribution >= 4 is 17.4 Å². The summed E-state index contributed by atoms with van der Waals surface area (Å²) in [5.41, 5.74) is 3.87. The molecule has 0 saturated heterocycles. The van der Waals surface area contributed by atoms with E-state index in [9.17, 15) is 4.79 Å². The molecule has 5 heteroatoms. The fourth-order valence-corrected chi connectivity index (χ4v) is 2.79. The number of rotatable bonds is 7. The van der Waals surface area contributed by atoms with Crippen molar-refractivity contribution in [1.82, 2.24) is 4.98 Å². The van der Waals surface area contributed by atoms with Crippen LogP contribution >= 0.6 is 0 Å². The lowest BCUT2D eigenvalue weighted by atomic mass is 10.1. The lowest BCUT2D eigenvalue weighted by molar-refractivity contribution is -0.115. The van der Waals surface area contributed by atoms with Crippen LogP contribution in [0.5, 0.6) is 5.75 Å². The third kappa shape index (κ3) is 5.07. The summed E-state index contributed by atoms with van der Waals surface area (Å²) < 4.78 is 5.35. The van der Waals surface area contributed by atoms with Gasteiger partial charge in [0.05, 0.1) is 25.4 Å². The van der Waals surface area contributed by atoms with Crippen molar-refractivity contribution < 1.29 is 9.53 Å². The number of methoxy groups -OCH3 is 1. The van der Waals surface area contributed by atoms with E-state index in [1.165, 1.54) is 0 Å². The molecule has 0 bridgehead atoms. The molecule has 0 unspecified atom stereocenters. The fraction of sp³-hybridized carbons (Fsp3) is 0.182. The minimum Gasteiger partial charge on any atom is -0.496 e. The molecule has 3 rings (SSSR count). The number of amides is 1. The molecule has 0 aliphatic heterocycles. The summed E-state index contributed by atoms with van der Waals surface area (Å²) in [5.74, 6) is 1.52. The summed E-state index contributed by atoms with van der Waals surface area (Å²) in [6.07, 6.45) is 2.00. The van der Waals surface area contributed by atoms with Gasteiger partial charge in [-0.2, -0.15) is 0 Å². The van der Waals surface area contributed by atoms with Crippen molar-refractivity contribution in [3.05, 3.63) is 83.6 Å². The van der Waals surface area contributed by atoms with E-state index in [0.717, 1.165) is 28.3 Å². The standard InChI is InChI=1S/C22H23N3O2/c1-16-7-3-4-8-17(16)13-22(26)25-19-11-12-21(24-15-19)23-14-18-9-5-6-10-20(18)27-2/h3-12,15H,13-14H2,1-2H3,(H,23,24)(H,25,26). The first kappa shape index (κ1) is 18.5. The summed E-state index contributed by atoms with van der Waals surface area (Å²) in [6, 6.07) is 19.4. The van der Waals surface area contributed by atoms with E-state index >= 15 is 0 Å². The van der Waals surface area contributed by atoms with E-state index in [-0.39, 0.29) is 5.91 Å². The number of aromatic nitrogens is 1. The van der Waals surface area contributed by atoms with Gasteiger partial charge >= 0.3 is 0 Å². The Morgan fingerprint density at radius 3 is 2.44 bits per heavy atom. The van der Waals surface area contributed by atoms with Crippen molar-refractivity contribution in [3.63, 3.8) is 0 Å². The molecule has 1 amide bonds. The third-order valence-corrected chi connectivity index (χ3v) is 4.31. The average molecular weight is 361 g/mol. The van der Waals surface area contributed by atoms with Crippen LogP contribution < -0.4 is 15.4 Å². The van der Waals surface area contributed by atoms with Gasteiger partial charge in [0.25, 0.3) is 0 Å². The first-order valence-electron chi connectivity index (χ1n) is 8.82. The number of hydrogen-bond acceptors (Lipinski definition) is 4. The molecule has 0 aliphatic carbocycles. The van der Waals surface area contributed by atoms with Crippen LogP contribution in [0.15, 0.2) is 66.9 Å². The zero-order chi connectivity index (χ0) is 19.1. The average Bonchev–Trinajstić information content (AvgIpc) is 2.69. The molecule has 0 atom stereocenters. The molecular formula is C22H23N3O2. The van der Waals surface area contributed by atoms with Crippen LogP contribution in [0.25, 0.3) is 0 Å². The highest BCUT2D eigenvalue weighted by molar-refractivity contribution is 5.92. The van der Waals surface area contributed by atoms with Crippen LogP contribution in [-0.4, -0.2) is 18.0 Å². The van der Waals surface area contributed by atoms with Gasteiger partial charge in [-0.1, -0.05) is 42.5 Å². The highest BCUT2D eigenvalue weighted by atomic mass is 16.5. The number of benzene rings is 2. The number of hydrogen-bond donors (Lipinski definition) is 2. The van der Waals surface area contributed by atoms with Crippen LogP contribution in [0, 0.1) is 6.92 Å². The lowest BCUT2D eigenvalue weighted by Crippen LogP contribution is -2.15. The summed E-state index contributed by atoms with van der Waals surface area (Å²) in [6.45, 7) is 2.61. The Hall–Kier alpha value is -3.34. The maximum Gasteiger partial charge on any atom is 0.228 e. The number of para-hydroxylation sites is 1. The van der Waals surface area contributed by atoms with Gasteiger partial charge in [-0.25, -0.2) is 4.98 Å². The van der Waals surface area contributed by atoms with Gasteiger partial charge in [-0.15, -0.1) is 0 Å². The summed E-state index contributed by atoms with van der Waals surface area (Å²) >= 11 is 0. The number of pyridine rings is 1. The second-order valence-electron chi connectivity index (χ2n) is 6.25. The molecule has 3 aromatic rings. The quantitative estimate of drug-likeness (QED) is 0.662. The smallest absolute Gasteiger partial charge is 0.228 e. The van der Waals surface area contributed by atoms with Gasteiger partial charge in [0.1, 0.15) is 11.6 Å². The highest BCUT2D eigenvalue weighted by Gasteiger charge is 2.07. The van der Waals surface area contributed by atoms with Crippen molar-refractivity contribution in [2.24, 2.45) is 0 Å². The van der Waals surface area contributed by atoms with Crippen molar-refractivity contribution in [1.29, 1.82) is 0 Å². The predicted molar refractivity (Wildman–Crippen MR) is 108 cm³/mol. The minimum absolute atomic E-state index is 0.0548. The van der Waals surface area contributed by atoms with Crippen molar-refractivity contribution in [2.45, 2.75) is 19.9 Å². The number of nitrogens with one attached hydrogen (secondary N) is 2. The van der Waals surface area contributed by atoms with E-state index < -0.39 is 0 Å². The van der Waals surface area contributed by atoms with Crippen LogP contribution in [-0.2, 0) is 17.8 Å². The van der Waals surface area contributed by atoms with Crippen LogP contribution in [0.2, 0.25) is 0 Å². The Kier molecular flexibility index (Phi) is 6.05. The summed E-state index contributed by atoms with van der Waals surface area (Å²) in [4.78, 5) is 16.6. The molecule has 0 aliphatic rings. The molecule has 0 radical (unpaired) electrons. The maximum absolute atomic E-state index is 12.2. The van der Waals surface area contributed by atoms with Gasteiger partial charge in [0.2, 0.25) is 5.91 Å². The van der Waals surface area contributed by atoms with Gasteiger partial charge in [0.15, 0.2) is 0 Å². The van der Waals surface area contributed by atoms with E-state index in [0.29, 0.717) is 18.7 Å². The topological polar surface area (TPSA) is 63.2 Å². The molecule has 0 spiro atoms. The molecule has 0 fully saturated rings. The van der Waals surface area contributed by atoms with Crippen molar-refractivity contribution in [2.75, 3.05) is 17.7 Å². The van der Waals surface area contributed by atoms with Gasteiger partial charge in [0, 0.05) is 12.1 Å². The monoisotopic (exact) mass is 361 g/mol. The molecule has 1 aromatic heterocycles. The number of carbonyl (C=O) groups is 1. The van der Waals surface area contributed by atoms with E-state index in [1.807, 2.05) is 67.6 Å². The largest absolute Gasteiger partial charge is 0.496 e. The highest BCUT2D eigenvalue weighted by Crippen LogP contribution is 2.19. The Bertz CT molecular complexity index is 907. The zero-order valence-corrected chi connectivity index (χ0v) is 15.5. The third-order valence-electron chi connectivity index (χ3n) is 4.31. The summed E-state index contributed by atoms with van der Waals surface area (Å²) in [5, 5.41) is 6.15. The molecular weight excluding hydrogens is 338 g/mol. The molecule has 2 aromatic carbocycles. The second-order valence-corrected chi connectivity index (χ2v) is 6.25. The zero-order valence-electron chi connectivity index (χ0n) is 15.5. The SMILES string of the molecule is COc1ccccc1CNc1ccc(NC(=O)Cc2ccccc2C)cn1. The van der Waals surface area contributed by atoms with Crippen molar-refractivity contribution in [3.8, 4) is 5.75 Å². The maximum atomic E-state index is 12.2. The molecule has 27 heavy (non-hydrogen) atoms. The molecule has 5 nitrogen and oxygen atoms in total. The van der Waals surface area contributed by atoms with Gasteiger partial charge in [-0.05, 0) is 36.2 Å². The molecule has 1 heterocycles. The minimum atomic E-state index is -0.0548. The van der Waals surface area contributed by atoms with Crippen LogP contribution in [0.4, 0.5) is 11.5 Å². The Morgan fingerprint density at radius 2 is 1.74 bits per heavy atom. The number of anilines is 2. The number of nitrogens with zero attached hydrogens (tertiary/aromatic N) is 1. The number of carbonyl (C=O) groups excluding carboxylic acids is 1. The Balaban J connectivity index is 1.55. The van der Waals surface area contributed by atoms with E-state index in [2.05, 4.69) is 15.6 Å². The van der Waals surface area contributed by atoms with Crippen LogP contribution in [0.1, 0.15) is 16.7 Å². The molecule has 2 N–H and O–H groups in total. The first-order valence-corrected chi connectivity index (χ1v) is 8.82. The number of ether oxygens (including phenoxy) is 1. The fourth-order valence-electron chi connectivity index (χ4n) is 2.79. The lowest BCUT2D eigenvalue weighted by Gasteiger charge is -2.11. The summed E-state index contributed by atoms with van der Waals surface area (Å²) in [7, 11) is 1.66. The Morgan fingerprint density at radius 1 is 1.00 bits per heavy atom. The van der Waals surface area contributed by atoms with Crippen LogP contribution in [0.3, 0.4) is 0 Å². The number of aryl methyl sites for hydroxylation is 1. The predicted octanol–water partition coefficient (Wildman–Crippen LogP) is 4.19. The Labute approximate surface area is 159 Å². The van der Waals surface area contributed by atoms with E-state index in [1.54, 1.807) is 13.3 Å². The van der Waals surface area contributed by atoms with E-state index in [4.69, 9.17) is 4.74 Å². The normalized spacial score (nSPS) is 10.3. The molecule has 138 valence electrons. The van der Waals surface area contributed by atoms with Gasteiger partial charge < -0.3 is 15.4 Å².